The maximum atomic E-state index is 14.2. The van der Waals surface area contributed by atoms with E-state index in [1.54, 1.807) is 30.3 Å². The lowest BCUT2D eigenvalue weighted by molar-refractivity contribution is -0.131. The molecule has 0 bridgehead atoms. The van der Waals surface area contributed by atoms with Gasteiger partial charge in [0.05, 0.1) is 27.7 Å². The van der Waals surface area contributed by atoms with Crippen LogP contribution < -0.4 is 4.90 Å². The van der Waals surface area contributed by atoms with Gasteiger partial charge in [-0.25, -0.2) is 9.37 Å². The van der Waals surface area contributed by atoms with E-state index in [9.17, 15) is 14.0 Å². The van der Waals surface area contributed by atoms with Gasteiger partial charge in [0.1, 0.15) is 11.9 Å². The molecule has 1 amide bonds. The second-order valence-electron chi connectivity index (χ2n) is 8.40. The monoisotopic (exact) mass is 468 g/mol. The van der Waals surface area contributed by atoms with Crippen LogP contribution in [-0.4, -0.2) is 22.8 Å². The fraction of sp³-hybridized carbons (Fsp3) is 0.292. The number of carbonyl (C=O) groups is 2. The minimum Gasteiger partial charge on any atom is -0.483 e. The number of anilines is 1. The molecular weight excluding hydrogens is 451 g/mol. The molecular formula is C24H18ClFN2O3S. The Morgan fingerprint density at radius 2 is 1.97 bits per heavy atom. The molecule has 3 atom stereocenters. The van der Waals surface area contributed by atoms with Crippen molar-refractivity contribution in [3.8, 4) is 0 Å². The number of hydrogen-bond acceptors (Lipinski definition) is 5. The molecule has 1 saturated carbocycles. The summed E-state index contributed by atoms with van der Waals surface area (Å²) in [6.07, 6.45) is 3.15. The number of ether oxygens (including phenoxy) is 1. The molecule has 1 fully saturated rings. The van der Waals surface area contributed by atoms with Gasteiger partial charge < -0.3 is 4.74 Å². The smallest absolute Gasteiger partial charge is 0.296 e. The van der Waals surface area contributed by atoms with Gasteiger partial charge in [-0.3, -0.25) is 14.5 Å². The third-order valence-corrected chi connectivity index (χ3v) is 7.73. The van der Waals surface area contributed by atoms with Crippen molar-refractivity contribution in [1.29, 1.82) is 0 Å². The van der Waals surface area contributed by atoms with Crippen LogP contribution in [0.1, 0.15) is 37.3 Å². The topological polar surface area (TPSA) is 59.5 Å². The van der Waals surface area contributed by atoms with Crippen LogP contribution >= 0.6 is 22.9 Å². The highest BCUT2D eigenvalue weighted by molar-refractivity contribution is 7.22. The van der Waals surface area contributed by atoms with E-state index in [2.05, 4.69) is 4.98 Å². The standard InChI is InChI=1S/C24H18ClFN2O3S/c25-13-8-9-16-18(11-13)32-24(27-16)28-20(12-4-3-5-14(26)10-12)19-21(29)15-6-1-2-7-17(15)31-22(19)23(28)30/h3-5,8-11,15,17,20H,1-2,6-7H2. The maximum Gasteiger partial charge on any atom is 0.296 e. The molecule has 3 heterocycles. The largest absolute Gasteiger partial charge is 0.483 e. The minimum absolute atomic E-state index is 0.0646. The maximum absolute atomic E-state index is 14.2. The molecule has 3 unspecified atom stereocenters. The van der Waals surface area contributed by atoms with E-state index in [1.165, 1.54) is 28.4 Å². The summed E-state index contributed by atoms with van der Waals surface area (Å²) in [7, 11) is 0. The van der Waals surface area contributed by atoms with Crippen LogP contribution in [0.4, 0.5) is 9.52 Å². The Morgan fingerprint density at radius 3 is 2.81 bits per heavy atom. The number of benzene rings is 2. The SMILES string of the molecule is O=C1C2=C(OC3CCCCC13)C(=O)N(c1nc3ccc(Cl)cc3s1)C2c1cccc(F)c1. The first kappa shape index (κ1) is 19.9. The molecule has 5 nitrogen and oxygen atoms in total. The van der Waals surface area contributed by atoms with Crippen molar-refractivity contribution in [3.63, 3.8) is 0 Å². The van der Waals surface area contributed by atoms with Crippen LogP contribution in [0.15, 0.2) is 53.8 Å². The molecule has 32 heavy (non-hydrogen) atoms. The van der Waals surface area contributed by atoms with Gasteiger partial charge in [-0.2, -0.15) is 0 Å². The van der Waals surface area contributed by atoms with Crippen molar-refractivity contribution in [1.82, 2.24) is 4.98 Å². The molecule has 1 aromatic heterocycles. The first-order valence-electron chi connectivity index (χ1n) is 10.6. The van der Waals surface area contributed by atoms with Crippen LogP contribution in [0.5, 0.6) is 0 Å². The number of Topliss-reactive ketones (excluding diaryl/α,β-unsaturated/α-hetero) is 1. The summed E-state index contributed by atoms with van der Waals surface area (Å²) < 4.78 is 21.2. The number of aromatic nitrogens is 1. The molecule has 162 valence electrons. The summed E-state index contributed by atoms with van der Waals surface area (Å²) >= 11 is 7.44. The van der Waals surface area contributed by atoms with Gasteiger partial charge in [-0.1, -0.05) is 41.5 Å². The highest BCUT2D eigenvalue weighted by atomic mass is 35.5. The van der Waals surface area contributed by atoms with Gasteiger partial charge in [-0.05, 0) is 55.2 Å². The van der Waals surface area contributed by atoms with Gasteiger partial charge in [0.25, 0.3) is 5.91 Å². The Balaban J connectivity index is 1.52. The van der Waals surface area contributed by atoms with Crippen molar-refractivity contribution in [2.45, 2.75) is 37.8 Å². The summed E-state index contributed by atoms with van der Waals surface area (Å²) in [5.74, 6) is -1.08. The molecule has 0 spiro atoms. The second-order valence-corrected chi connectivity index (χ2v) is 9.84. The Labute approximate surface area is 192 Å². The number of fused-ring (bicyclic) bond motifs is 2. The summed E-state index contributed by atoms with van der Waals surface area (Å²) in [6.45, 7) is 0. The van der Waals surface area contributed by atoms with Crippen molar-refractivity contribution in [2.24, 2.45) is 5.92 Å². The molecule has 3 aromatic rings. The summed E-state index contributed by atoms with van der Waals surface area (Å²) in [4.78, 5) is 33.3. The highest BCUT2D eigenvalue weighted by Gasteiger charge is 2.53. The summed E-state index contributed by atoms with van der Waals surface area (Å²) in [6, 6.07) is 10.6. The van der Waals surface area contributed by atoms with Crippen LogP contribution in [-0.2, 0) is 14.3 Å². The third-order valence-electron chi connectivity index (χ3n) is 6.47. The van der Waals surface area contributed by atoms with Crippen LogP contribution in [0.25, 0.3) is 10.2 Å². The van der Waals surface area contributed by atoms with Crippen LogP contribution in [0.3, 0.4) is 0 Å². The van der Waals surface area contributed by atoms with Crippen molar-refractivity contribution < 1.29 is 18.7 Å². The van der Waals surface area contributed by atoms with Gasteiger partial charge in [-0.15, -0.1) is 0 Å². The number of hydrogen-bond donors (Lipinski definition) is 0. The third kappa shape index (κ3) is 2.98. The average Bonchev–Trinajstić information content (AvgIpc) is 3.32. The number of ketones is 1. The predicted octanol–water partition coefficient (Wildman–Crippen LogP) is 5.59. The molecule has 0 N–H and O–H groups in total. The van der Waals surface area contributed by atoms with Gasteiger partial charge in [0.15, 0.2) is 16.7 Å². The van der Waals surface area contributed by atoms with Gasteiger partial charge >= 0.3 is 0 Å². The molecule has 6 rings (SSSR count). The van der Waals surface area contributed by atoms with Gasteiger partial charge in [0, 0.05) is 5.02 Å². The molecule has 0 radical (unpaired) electrons. The van der Waals surface area contributed by atoms with Gasteiger partial charge in [0.2, 0.25) is 0 Å². The second kappa shape index (κ2) is 7.39. The molecule has 8 heteroatoms. The normalized spacial score (nSPS) is 25.2. The Hall–Kier alpha value is -2.77. The average molecular weight is 469 g/mol. The lowest BCUT2D eigenvalue weighted by Crippen LogP contribution is -2.39. The van der Waals surface area contributed by atoms with Crippen molar-refractivity contribution >= 4 is 50.0 Å². The number of nitrogens with zero attached hydrogens (tertiary/aromatic N) is 2. The zero-order valence-electron chi connectivity index (χ0n) is 16.9. The number of carbonyl (C=O) groups excluding carboxylic acids is 2. The first-order chi connectivity index (χ1) is 15.5. The fourth-order valence-electron chi connectivity index (χ4n) is 5.02. The summed E-state index contributed by atoms with van der Waals surface area (Å²) in [5, 5.41) is 0.998. The van der Waals surface area contributed by atoms with Crippen LogP contribution in [0, 0.1) is 11.7 Å². The van der Waals surface area contributed by atoms with Crippen molar-refractivity contribution in [3.05, 3.63) is 70.2 Å². The predicted molar refractivity (Wildman–Crippen MR) is 120 cm³/mol. The quantitative estimate of drug-likeness (QED) is 0.492. The van der Waals surface area contributed by atoms with E-state index in [4.69, 9.17) is 16.3 Å². The van der Waals surface area contributed by atoms with E-state index in [1.807, 2.05) is 0 Å². The number of halogens is 2. The van der Waals surface area contributed by atoms with Crippen LogP contribution in [0.2, 0.25) is 5.02 Å². The Kier molecular flexibility index (Phi) is 4.59. The Bertz CT molecular complexity index is 1320. The zero-order chi connectivity index (χ0) is 22.0. The zero-order valence-corrected chi connectivity index (χ0v) is 18.5. The first-order valence-corrected chi connectivity index (χ1v) is 11.8. The lowest BCUT2D eigenvalue weighted by atomic mass is 9.77. The highest BCUT2D eigenvalue weighted by Crippen LogP contribution is 2.49. The fourth-order valence-corrected chi connectivity index (χ4v) is 6.29. The van der Waals surface area contributed by atoms with Crippen molar-refractivity contribution in [2.75, 3.05) is 4.90 Å². The minimum atomic E-state index is -0.778. The summed E-state index contributed by atoms with van der Waals surface area (Å²) in [5.41, 5.74) is 1.54. The van der Waals surface area contributed by atoms with E-state index >= 15 is 0 Å². The van der Waals surface area contributed by atoms with E-state index in [0.717, 1.165) is 30.4 Å². The lowest BCUT2D eigenvalue weighted by Gasteiger charge is -2.35. The number of thiazole rings is 1. The molecule has 3 aliphatic rings. The molecule has 2 aliphatic heterocycles. The molecule has 0 saturated heterocycles. The molecule has 1 aliphatic carbocycles. The van der Waals surface area contributed by atoms with E-state index in [-0.39, 0.29) is 23.6 Å². The van der Waals surface area contributed by atoms with E-state index < -0.39 is 17.8 Å². The molecule has 2 aromatic carbocycles. The van der Waals surface area contributed by atoms with E-state index in [0.29, 0.717) is 26.8 Å². The Morgan fingerprint density at radius 1 is 1.12 bits per heavy atom. The number of rotatable bonds is 2. The number of amides is 1.